The van der Waals surface area contributed by atoms with Gasteiger partial charge in [-0.05, 0) is 85.8 Å². The number of anilines is 1. The second-order valence-corrected chi connectivity index (χ2v) is 15.6. The standard InChI is InChI=1S/C34H34N6O5S2/c1-23-19-26(21-35)20-24(2)32(23)45-33-31-30(15-18-40(31)47(43,44)29-7-5-4-6-8-29)37-34(38-33)36-27-13-16-39(17-14-27)22-25-9-11-28(12-10-25)46(3,41)42/h4-12,15,18-20,27H,13-14,16-17,22H2,1-3H3,(H,36,37,38). The molecule has 242 valence electrons. The van der Waals surface area contributed by atoms with Crippen LogP contribution in [0.15, 0.2) is 88.8 Å². The third-order valence-electron chi connectivity index (χ3n) is 8.23. The molecule has 6 rings (SSSR count). The number of hydrogen-bond acceptors (Lipinski definition) is 10. The lowest BCUT2D eigenvalue weighted by Crippen LogP contribution is -2.39. The summed E-state index contributed by atoms with van der Waals surface area (Å²) in [5.74, 6) is 0.881. The highest BCUT2D eigenvalue weighted by atomic mass is 32.2. The molecule has 3 heterocycles. The summed E-state index contributed by atoms with van der Waals surface area (Å²) in [5.41, 5.74) is 3.57. The number of ether oxygens (including phenoxy) is 1. The van der Waals surface area contributed by atoms with Gasteiger partial charge in [0.15, 0.2) is 9.84 Å². The van der Waals surface area contributed by atoms with Crippen LogP contribution in [0.2, 0.25) is 0 Å². The summed E-state index contributed by atoms with van der Waals surface area (Å²) in [4.78, 5) is 12.1. The summed E-state index contributed by atoms with van der Waals surface area (Å²) in [6.07, 6.45) is 4.29. The molecule has 0 unspecified atom stereocenters. The van der Waals surface area contributed by atoms with Crippen LogP contribution in [0.4, 0.5) is 5.95 Å². The van der Waals surface area contributed by atoms with Crippen LogP contribution in [-0.2, 0) is 26.4 Å². The molecule has 0 radical (unpaired) electrons. The van der Waals surface area contributed by atoms with Gasteiger partial charge in [0.1, 0.15) is 11.3 Å². The predicted octanol–water partition coefficient (Wildman–Crippen LogP) is 5.43. The van der Waals surface area contributed by atoms with E-state index in [1.807, 2.05) is 26.0 Å². The number of aromatic nitrogens is 3. The summed E-state index contributed by atoms with van der Waals surface area (Å²) in [5, 5.41) is 12.9. The van der Waals surface area contributed by atoms with Gasteiger partial charge in [0, 0.05) is 38.1 Å². The second-order valence-electron chi connectivity index (χ2n) is 11.8. The minimum absolute atomic E-state index is 0.0673. The summed E-state index contributed by atoms with van der Waals surface area (Å²) < 4.78 is 58.6. The number of likely N-dealkylation sites (tertiary alicyclic amines) is 1. The molecule has 47 heavy (non-hydrogen) atoms. The fraction of sp³-hybridized carbons (Fsp3) is 0.265. The van der Waals surface area contributed by atoms with Crippen LogP contribution in [0.3, 0.4) is 0 Å². The van der Waals surface area contributed by atoms with Crippen molar-refractivity contribution < 1.29 is 21.6 Å². The maximum Gasteiger partial charge on any atom is 0.268 e. The molecule has 1 saturated heterocycles. The number of rotatable bonds is 9. The predicted molar refractivity (Wildman–Crippen MR) is 179 cm³/mol. The van der Waals surface area contributed by atoms with Gasteiger partial charge >= 0.3 is 0 Å². The molecular weight excluding hydrogens is 637 g/mol. The van der Waals surface area contributed by atoms with E-state index in [1.54, 1.807) is 48.5 Å². The zero-order chi connectivity index (χ0) is 33.3. The van der Waals surface area contributed by atoms with E-state index in [-0.39, 0.29) is 22.3 Å². The molecule has 3 aromatic carbocycles. The van der Waals surface area contributed by atoms with Gasteiger partial charge in [0.05, 0.1) is 26.9 Å². The SMILES string of the molecule is Cc1cc(C#N)cc(C)c1Oc1nc(NC2CCN(Cc3ccc(S(C)(=O)=O)cc3)CC2)nc2ccn(S(=O)(=O)c3ccccc3)c12. The van der Waals surface area contributed by atoms with E-state index >= 15 is 0 Å². The van der Waals surface area contributed by atoms with Gasteiger partial charge in [-0.25, -0.2) is 25.8 Å². The lowest BCUT2D eigenvalue weighted by atomic mass is 10.0. The van der Waals surface area contributed by atoms with Crippen molar-refractivity contribution in [2.75, 3.05) is 24.7 Å². The molecule has 5 aromatic rings. The number of benzene rings is 3. The van der Waals surface area contributed by atoms with Crippen molar-refractivity contribution in [1.82, 2.24) is 18.8 Å². The monoisotopic (exact) mass is 670 g/mol. The van der Waals surface area contributed by atoms with E-state index in [1.165, 1.54) is 24.6 Å². The Bertz CT molecular complexity index is 2180. The molecule has 0 saturated carbocycles. The van der Waals surface area contributed by atoms with Gasteiger partial charge in [-0.15, -0.1) is 0 Å². The summed E-state index contributed by atoms with van der Waals surface area (Å²) in [7, 11) is -7.23. The zero-order valence-electron chi connectivity index (χ0n) is 26.2. The summed E-state index contributed by atoms with van der Waals surface area (Å²) >= 11 is 0. The van der Waals surface area contributed by atoms with Crippen molar-refractivity contribution in [3.05, 3.63) is 101 Å². The van der Waals surface area contributed by atoms with Crippen molar-refractivity contribution in [1.29, 1.82) is 5.26 Å². The molecule has 1 aliphatic heterocycles. The lowest BCUT2D eigenvalue weighted by molar-refractivity contribution is 0.211. The Labute approximate surface area is 274 Å². The zero-order valence-corrected chi connectivity index (χ0v) is 27.8. The molecule has 0 bridgehead atoms. The number of fused-ring (bicyclic) bond motifs is 1. The largest absolute Gasteiger partial charge is 0.436 e. The van der Waals surface area contributed by atoms with Crippen LogP contribution in [0.1, 0.15) is 35.1 Å². The van der Waals surface area contributed by atoms with Crippen LogP contribution in [0.5, 0.6) is 11.6 Å². The molecular formula is C34H34N6O5S2. The first-order valence-corrected chi connectivity index (χ1v) is 18.4. The number of sulfone groups is 1. The number of nitrogens with zero attached hydrogens (tertiary/aromatic N) is 5. The average molecular weight is 671 g/mol. The van der Waals surface area contributed by atoms with E-state index in [4.69, 9.17) is 14.7 Å². The molecule has 11 nitrogen and oxygen atoms in total. The minimum atomic E-state index is -3.99. The smallest absolute Gasteiger partial charge is 0.268 e. The Kier molecular flexibility index (Phi) is 8.76. The van der Waals surface area contributed by atoms with Crippen LogP contribution < -0.4 is 10.1 Å². The van der Waals surface area contributed by atoms with Crippen molar-refractivity contribution in [3.63, 3.8) is 0 Å². The summed E-state index contributed by atoms with van der Waals surface area (Å²) in [6.45, 7) is 5.99. The van der Waals surface area contributed by atoms with Crippen molar-refractivity contribution in [2.45, 2.75) is 49.1 Å². The van der Waals surface area contributed by atoms with Crippen molar-refractivity contribution in [3.8, 4) is 17.7 Å². The number of nitrogens with one attached hydrogen (secondary N) is 1. The fourth-order valence-corrected chi connectivity index (χ4v) is 7.81. The van der Waals surface area contributed by atoms with Gasteiger partial charge in [0.2, 0.25) is 11.8 Å². The normalized spacial score (nSPS) is 14.6. The number of hydrogen-bond donors (Lipinski definition) is 1. The Morgan fingerprint density at radius 2 is 1.57 bits per heavy atom. The Morgan fingerprint density at radius 1 is 0.915 bits per heavy atom. The van der Waals surface area contributed by atoms with E-state index in [0.717, 1.165) is 35.5 Å². The maximum absolute atomic E-state index is 13.7. The maximum atomic E-state index is 13.7. The third-order valence-corrected chi connectivity index (χ3v) is 11.1. The van der Waals surface area contributed by atoms with Crippen molar-refractivity contribution >= 4 is 36.8 Å². The van der Waals surface area contributed by atoms with Gasteiger partial charge in [-0.3, -0.25) is 4.90 Å². The molecule has 1 fully saturated rings. The first-order valence-electron chi connectivity index (χ1n) is 15.1. The van der Waals surface area contributed by atoms with Gasteiger partial charge in [0.25, 0.3) is 10.0 Å². The fourth-order valence-electron chi connectivity index (χ4n) is 5.82. The molecule has 0 amide bonds. The second kappa shape index (κ2) is 12.8. The summed E-state index contributed by atoms with van der Waals surface area (Å²) in [6, 6.07) is 22.4. The molecule has 1 aliphatic rings. The minimum Gasteiger partial charge on any atom is -0.436 e. The molecule has 13 heteroatoms. The number of nitriles is 1. The van der Waals surface area contributed by atoms with Crippen LogP contribution in [0.25, 0.3) is 11.0 Å². The van der Waals surface area contributed by atoms with Crippen LogP contribution in [0, 0.1) is 25.2 Å². The van der Waals surface area contributed by atoms with Crippen LogP contribution in [-0.4, -0.2) is 61.1 Å². The first-order chi connectivity index (χ1) is 22.4. The molecule has 2 aromatic heterocycles. The molecule has 1 N–H and O–H groups in total. The van der Waals surface area contributed by atoms with Gasteiger partial charge in [-0.1, -0.05) is 30.3 Å². The van der Waals surface area contributed by atoms with Crippen molar-refractivity contribution in [2.24, 2.45) is 0 Å². The number of piperidine rings is 1. The van der Waals surface area contributed by atoms with E-state index in [9.17, 15) is 22.1 Å². The lowest BCUT2D eigenvalue weighted by Gasteiger charge is -2.32. The van der Waals surface area contributed by atoms with E-state index in [2.05, 4.69) is 16.3 Å². The number of aryl methyl sites for hydroxylation is 2. The van der Waals surface area contributed by atoms with Gasteiger partial charge in [-0.2, -0.15) is 10.2 Å². The molecule has 0 spiro atoms. The topological polar surface area (TPSA) is 147 Å². The van der Waals surface area contributed by atoms with E-state index < -0.39 is 19.9 Å². The highest BCUT2D eigenvalue weighted by Crippen LogP contribution is 2.35. The first kappa shape index (κ1) is 32.2. The van der Waals surface area contributed by atoms with E-state index in [0.29, 0.717) is 45.3 Å². The van der Waals surface area contributed by atoms with Crippen LogP contribution >= 0.6 is 0 Å². The Hall–Kier alpha value is -4.77. The Morgan fingerprint density at radius 3 is 2.19 bits per heavy atom. The highest BCUT2D eigenvalue weighted by Gasteiger charge is 2.26. The highest BCUT2D eigenvalue weighted by molar-refractivity contribution is 7.90. The third kappa shape index (κ3) is 6.85. The van der Waals surface area contributed by atoms with Gasteiger partial charge < -0.3 is 10.1 Å². The Balaban J connectivity index is 1.27. The average Bonchev–Trinajstić information content (AvgIpc) is 3.49. The quantitative estimate of drug-likeness (QED) is 0.215. The molecule has 0 aliphatic carbocycles. The molecule has 0 atom stereocenters.